The predicted octanol–water partition coefficient (Wildman–Crippen LogP) is 4.27. The molecule has 0 saturated carbocycles. The van der Waals surface area contributed by atoms with Crippen molar-refractivity contribution < 1.29 is 8.78 Å². The molecule has 0 saturated heterocycles. The highest BCUT2D eigenvalue weighted by molar-refractivity contribution is 6.07. The van der Waals surface area contributed by atoms with Gasteiger partial charge in [0.25, 0.3) is 0 Å². The normalized spacial score (nSPS) is 11.1. The predicted molar refractivity (Wildman–Crippen MR) is 61.4 cm³/mol. The zero-order valence-electron chi connectivity index (χ0n) is 8.37. The van der Waals surface area contributed by atoms with Crippen molar-refractivity contribution in [1.82, 2.24) is 0 Å². The standard InChI is InChI=1S/C14H8F2/c15-11-7-10-6-5-9-3-1-2-4-12(9)14(10)13(16)8-11/h1-8H. The van der Waals surface area contributed by atoms with Gasteiger partial charge >= 0.3 is 0 Å². The summed E-state index contributed by atoms with van der Waals surface area (Å²) in [6.45, 7) is 0. The summed E-state index contributed by atoms with van der Waals surface area (Å²) in [6.07, 6.45) is 0. The van der Waals surface area contributed by atoms with E-state index in [1.165, 1.54) is 6.07 Å². The van der Waals surface area contributed by atoms with Gasteiger partial charge in [-0.1, -0.05) is 36.4 Å². The fraction of sp³-hybridized carbons (Fsp3) is 0. The van der Waals surface area contributed by atoms with E-state index in [0.29, 0.717) is 10.8 Å². The Balaban J connectivity index is 2.60. The van der Waals surface area contributed by atoms with Crippen LogP contribution in [0.15, 0.2) is 48.5 Å². The molecule has 3 aromatic carbocycles. The maximum atomic E-state index is 13.7. The van der Waals surface area contributed by atoms with Crippen LogP contribution in [0.5, 0.6) is 0 Å². The zero-order chi connectivity index (χ0) is 11.1. The maximum absolute atomic E-state index is 13.7. The van der Waals surface area contributed by atoms with Gasteiger partial charge in [-0.05, 0) is 22.2 Å². The summed E-state index contributed by atoms with van der Waals surface area (Å²) >= 11 is 0. The Hall–Kier alpha value is -1.96. The number of fused-ring (bicyclic) bond motifs is 3. The van der Waals surface area contributed by atoms with Crippen LogP contribution in [0, 0.1) is 11.6 Å². The van der Waals surface area contributed by atoms with E-state index < -0.39 is 11.6 Å². The average Bonchev–Trinajstić information content (AvgIpc) is 2.28. The molecular weight excluding hydrogens is 206 g/mol. The molecule has 3 aromatic rings. The molecule has 0 fully saturated rings. The van der Waals surface area contributed by atoms with Gasteiger partial charge in [0.1, 0.15) is 11.6 Å². The maximum Gasteiger partial charge on any atom is 0.134 e. The van der Waals surface area contributed by atoms with Crippen molar-refractivity contribution in [3.05, 3.63) is 60.2 Å². The third kappa shape index (κ3) is 1.27. The summed E-state index contributed by atoms with van der Waals surface area (Å²) < 4.78 is 26.8. The van der Waals surface area contributed by atoms with Crippen molar-refractivity contribution in [1.29, 1.82) is 0 Å². The van der Waals surface area contributed by atoms with Crippen LogP contribution in [-0.2, 0) is 0 Å². The van der Waals surface area contributed by atoms with E-state index in [-0.39, 0.29) is 0 Å². The lowest BCUT2D eigenvalue weighted by Crippen LogP contribution is -1.85. The third-order valence-electron chi connectivity index (χ3n) is 2.76. The Bertz CT molecular complexity index is 687. The van der Waals surface area contributed by atoms with Crippen molar-refractivity contribution in [2.45, 2.75) is 0 Å². The van der Waals surface area contributed by atoms with Gasteiger partial charge < -0.3 is 0 Å². The number of benzene rings is 3. The summed E-state index contributed by atoms with van der Waals surface area (Å²) in [6, 6.07) is 13.4. The first-order chi connectivity index (χ1) is 7.75. The minimum absolute atomic E-state index is 0.486. The molecule has 3 rings (SSSR count). The number of hydrogen-bond acceptors (Lipinski definition) is 0. The molecule has 0 heterocycles. The molecule has 0 aromatic heterocycles. The van der Waals surface area contributed by atoms with Gasteiger partial charge in [0.2, 0.25) is 0 Å². The van der Waals surface area contributed by atoms with E-state index >= 15 is 0 Å². The molecular formula is C14H8F2. The molecule has 0 aliphatic heterocycles. The second-order valence-electron chi connectivity index (χ2n) is 3.77. The second-order valence-corrected chi connectivity index (χ2v) is 3.77. The molecule has 0 nitrogen and oxygen atoms in total. The van der Waals surface area contributed by atoms with Gasteiger partial charge in [-0.2, -0.15) is 0 Å². The Morgan fingerprint density at radius 2 is 1.50 bits per heavy atom. The van der Waals surface area contributed by atoms with Crippen LogP contribution >= 0.6 is 0 Å². The van der Waals surface area contributed by atoms with Gasteiger partial charge in [0, 0.05) is 11.5 Å². The van der Waals surface area contributed by atoms with Crippen molar-refractivity contribution in [3.63, 3.8) is 0 Å². The first kappa shape index (κ1) is 9.28. The monoisotopic (exact) mass is 214 g/mol. The molecule has 0 spiro atoms. The molecule has 2 heteroatoms. The Kier molecular flexibility index (Phi) is 1.90. The van der Waals surface area contributed by atoms with E-state index in [0.717, 1.165) is 16.8 Å². The van der Waals surface area contributed by atoms with Gasteiger partial charge in [-0.3, -0.25) is 0 Å². The molecule has 0 N–H and O–H groups in total. The lowest BCUT2D eigenvalue weighted by Gasteiger charge is -2.04. The first-order valence-corrected chi connectivity index (χ1v) is 5.02. The molecule has 0 aliphatic rings. The van der Waals surface area contributed by atoms with Crippen molar-refractivity contribution in [2.75, 3.05) is 0 Å². The summed E-state index contributed by atoms with van der Waals surface area (Å²) in [4.78, 5) is 0. The van der Waals surface area contributed by atoms with Crippen molar-refractivity contribution in [3.8, 4) is 0 Å². The molecule has 0 unspecified atom stereocenters. The molecule has 0 bridgehead atoms. The Morgan fingerprint density at radius 3 is 2.38 bits per heavy atom. The minimum atomic E-state index is -0.541. The highest BCUT2D eigenvalue weighted by Gasteiger charge is 2.07. The Labute approximate surface area is 91.1 Å². The van der Waals surface area contributed by atoms with Crippen LogP contribution in [0.3, 0.4) is 0 Å². The zero-order valence-corrected chi connectivity index (χ0v) is 8.37. The number of halogens is 2. The van der Waals surface area contributed by atoms with Gasteiger partial charge in [-0.15, -0.1) is 0 Å². The SMILES string of the molecule is Fc1cc(F)c2c(ccc3ccccc32)c1. The molecule has 0 amide bonds. The smallest absolute Gasteiger partial charge is 0.134 e. The molecule has 16 heavy (non-hydrogen) atoms. The van der Waals surface area contributed by atoms with E-state index in [2.05, 4.69) is 0 Å². The second kappa shape index (κ2) is 3.27. The van der Waals surface area contributed by atoms with Crippen molar-refractivity contribution in [2.24, 2.45) is 0 Å². The third-order valence-corrected chi connectivity index (χ3v) is 2.76. The van der Waals surface area contributed by atoms with Crippen LogP contribution in [-0.4, -0.2) is 0 Å². The Morgan fingerprint density at radius 1 is 0.750 bits per heavy atom. The highest BCUT2D eigenvalue weighted by atomic mass is 19.1. The van der Waals surface area contributed by atoms with Crippen LogP contribution in [0.25, 0.3) is 21.5 Å². The van der Waals surface area contributed by atoms with E-state index in [9.17, 15) is 8.78 Å². The topological polar surface area (TPSA) is 0 Å². The van der Waals surface area contributed by atoms with Crippen LogP contribution < -0.4 is 0 Å². The fourth-order valence-corrected chi connectivity index (χ4v) is 2.06. The van der Waals surface area contributed by atoms with Crippen molar-refractivity contribution >= 4 is 21.5 Å². The van der Waals surface area contributed by atoms with Gasteiger partial charge in [-0.25, -0.2) is 8.78 Å². The number of hydrogen-bond donors (Lipinski definition) is 0. The quantitative estimate of drug-likeness (QED) is 0.490. The minimum Gasteiger partial charge on any atom is -0.207 e. The summed E-state index contributed by atoms with van der Waals surface area (Å²) in [7, 11) is 0. The molecule has 0 atom stereocenters. The van der Waals surface area contributed by atoms with Crippen LogP contribution in [0.1, 0.15) is 0 Å². The van der Waals surface area contributed by atoms with E-state index in [4.69, 9.17) is 0 Å². The van der Waals surface area contributed by atoms with E-state index in [1.54, 1.807) is 6.07 Å². The number of rotatable bonds is 0. The lowest BCUT2D eigenvalue weighted by molar-refractivity contribution is 0.592. The van der Waals surface area contributed by atoms with Gasteiger partial charge in [0.05, 0.1) is 0 Å². The van der Waals surface area contributed by atoms with E-state index in [1.807, 2.05) is 30.3 Å². The fourth-order valence-electron chi connectivity index (χ4n) is 2.06. The molecule has 78 valence electrons. The summed E-state index contributed by atoms with van der Waals surface area (Å²) in [5, 5.41) is 2.86. The highest BCUT2D eigenvalue weighted by Crippen LogP contribution is 2.28. The first-order valence-electron chi connectivity index (χ1n) is 5.02. The molecule has 0 aliphatic carbocycles. The van der Waals surface area contributed by atoms with Crippen LogP contribution in [0.4, 0.5) is 8.78 Å². The largest absolute Gasteiger partial charge is 0.207 e. The lowest BCUT2D eigenvalue weighted by atomic mass is 10.0. The average molecular weight is 214 g/mol. The van der Waals surface area contributed by atoms with Gasteiger partial charge in [0.15, 0.2) is 0 Å². The summed E-state index contributed by atoms with van der Waals surface area (Å²) in [5.41, 5.74) is 0. The molecule has 0 radical (unpaired) electrons. The summed E-state index contributed by atoms with van der Waals surface area (Å²) in [5.74, 6) is -1.05. The van der Waals surface area contributed by atoms with Crippen LogP contribution in [0.2, 0.25) is 0 Å².